The van der Waals surface area contributed by atoms with E-state index in [1.54, 1.807) is 18.4 Å². The zero-order chi connectivity index (χ0) is 16.5. The molecule has 24 heavy (non-hydrogen) atoms. The van der Waals surface area contributed by atoms with Gasteiger partial charge < -0.3 is 20.3 Å². The number of piperazine rings is 1. The summed E-state index contributed by atoms with van der Waals surface area (Å²) in [6, 6.07) is 10.8. The van der Waals surface area contributed by atoms with Crippen LogP contribution in [0.1, 0.15) is 10.4 Å². The van der Waals surface area contributed by atoms with Crippen molar-refractivity contribution in [2.45, 2.75) is 13.0 Å². The number of methoxy groups -OCH3 is 1. The van der Waals surface area contributed by atoms with Crippen molar-refractivity contribution in [2.75, 3.05) is 38.7 Å². The van der Waals surface area contributed by atoms with Crippen LogP contribution in [0.2, 0.25) is 0 Å². The maximum atomic E-state index is 5.33. The predicted molar refractivity (Wildman–Crippen MR) is 100 cm³/mol. The standard InChI is InChI=1S/C18H22N4OS/c1-12-9-14-17(22-8-7-19-13(10-22)11-23-2)20-15-5-3-4-6-16(15)21-18(14)24-12/h3-6,9,13,19,21H,7-8,10-11H2,1-2H3/t13-/m1/s1. The van der Waals surface area contributed by atoms with Gasteiger partial charge in [0, 0.05) is 37.7 Å². The number of thiophene rings is 1. The molecule has 0 aliphatic carbocycles. The Morgan fingerprint density at radius 1 is 1.38 bits per heavy atom. The number of aliphatic imine (C=N–C) groups is 1. The first-order valence-corrected chi connectivity index (χ1v) is 9.09. The molecule has 0 saturated carbocycles. The Bertz CT molecular complexity index is 768. The lowest BCUT2D eigenvalue weighted by Crippen LogP contribution is -2.54. The van der Waals surface area contributed by atoms with E-state index in [-0.39, 0.29) is 0 Å². The summed E-state index contributed by atoms with van der Waals surface area (Å²) < 4.78 is 5.33. The van der Waals surface area contributed by atoms with Gasteiger partial charge >= 0.3 is 0 Å². The molecule has 1 fully saturated rings. The summed E-state index contributed by atoms with van der Waals surface area (Å²) in [5.74, 6) is 1.06. The first-order valence-electron chi connectivity index (χ1n) is 8.27. The van der Waals surface area contributed by atoms with Crippen molar-refractivity contribution in [1.29, 1.82) is 0 Å². The maximum Gasteiger partial charge on any atom is 0.139 e. The number of fused-ring (bicyclic) bond motifs is 2. The third-order valence-corrected chi connectivity index (χ3v) is 5.36. The fourth-order valence-corrected chi connectivity index (χ4v) is 4.24. The van der Waals surface area contributed by atoms with Gasteiger partial charge in [0.2, 0.25) is 0 Å². The Hall–Kier alpha value is -1.89. The predicted octanol–water partition coefficient (Wildman–Crippen LogP) is 3.11. The smallest absolute Gasteiger partial charge is 0.139 e. The fraction of sp³-hybridized carbons (Fsp3) is 0.389. The van der Waals surface area contributed by atoms with E-state index in [9.17, 15) is 0 Å². The minimum atomic E-state index is 0.334. The van der Waals surface area contributed by atoms with E-state index < -0.39 is 0 Å². The van der Waals surface area contributed by atoms with E-state index >= 15 is 0 Å². The zero-order valence-corrected chi connectivity index (χ0v) is 14.8. The molecular formula is C18H22N4OS. The maximum absolute atomic E-state index is 5.33. The Balaban J connectivity index is 1.75. The SMILES string of the molecule is COC[C@H]1CN(C2=Nc3ccccc3Nc3sc(C)cc32)CCN1. The van der Waals surface area contributed by atoms with Crippen LogP contribution in [0.15, 0.2) is 35.3 Å². The van der Waals surface area contributed by atoms with Gasteiger partial charge in [-0.05, 0) is 25.1 Å². The van der Waals surface area contributed by atoms with Crippen LogP contribution in [0.4, 0.5) is 16.4 Å². The van der Waals surface area contributed by atoms with Crippen molar-refractivity contribution < 1.29 is 4.74 Å². The molecule has 1 saturated heterocycles. The highest BCUT2D eigenvalue weighted by Crippen LogP contribution is 2.39. The molecule has 5 nitrogen and oxygen atoms in total. The van der Waals surface area contributed by atoms with Gasteiger partial charge in [0.25, 0.3) is 0 Å². The fourth-order valence-electron chi connectivity index (χ4n) is 3.32. The summed E-state index contributed by atoms with van der Waals surface area (Å²) in [5, 5.41) is 8.26. The van der Waals surface area contributed by atoms with Crippen molar-refractivity contribution in [3.05, 3.63) is 40.8 Å². The average Bonchev–Trinajstić information content (AvgIpc) is 2.87. The van der Waals surface area contributed by atoms with Gasteiger partial charge in [0.1, 0.15) is 10.8 Å². The molecule has 126 valence electrons. The molecule has 1 aromatic carbocycles. The summed E-state index contributed by atoms with van der Waals surface area (Å²) in [4.78, 5) is 8.71. The van der Waals surface area contributed by atoms with Gasteiger partial charge in [0.15, 0.2) is 0 Å². The van der Waals surface area contributed by atoms with E-state index in [0.29, 0.717) is 12.6 Å². The summed E-state index contributed by atoms with van der Waals surface area (Å²) in [5.41, 5.74) is 3.27. The van der Waals surface area contributed by atoms with Crippen LogP contribution in [-0.4, -0.2) is 50.1 Å². The largest absolute Gasteiger partial charge is 0.383 e. The van der Waals surface area contributed by atoms with Crippen LogP contribution in [-0.2, 0) is 4.74 Å². The minimum absolute atomic E-state index is 0.334. The van der Waals surface area contributed by atoms with Crippen molar-refractivity contribution in [3.63, 3.8) is 0 Å². The average molecular weight is 342 g/mol. The molecule has 1 aromatic heterocycles. The molecule has 3 heterocycles. The number of amidine groups is 1. The Morgan fingerprint density at radius 3 is 3.12 bits per heavy atom. The molecule has 6 heteroatoms. The summed E-state index contributed by atoms with van der Waals surface area (Å²) in [6.07, 6.45) is 0. The topological polar surface area (TPSA) is 48.9 Å². The molecule has 0 amide bonds. The number of hydrogen-bond donors (Lipinski definition) is 2. The van der Waals surface area contributed by atoms with Crippen LogP contribution in [0.3, 0.4) is 0 Å². The summed E-state index contributed by atoms with van der Waals surface area (Å²) in [6.45, 7) is 5.67. The number of hydrogen-bond acceptors (Lipinski definition) is 6. The molecule has 4 rings (SSSR count). The van der Waals surface area contributed by atoms with E-state index in [2.05, 4.69) is 40.7 Å². The number of nitrogens with zero attached hydrogens (tertiary/aromatic N) is 2. The van der Waals surface area contributed by atoms with Gasteiger partial charge in [-0.1, -0.05) is 12.1 Å². The molecule has 2 aliphatic heterocycles. The molecule has 2 N–H and O–H groups in total. The Kier molecular flexibility index (Phi) is 4.26. The van der Waals surface area contributed by atoms with E-state index in [0.717, 1.165) is 36.8 Å². The third-order valence-electron chi connectivity index (χ3n) is 4.40. The molecule has 0 bridgehead atoms. The minimum Gasteiger partial charge on any atom is -0.383 e. The zero-order valence-electron chi connectivity index (χ0n) is 14.0. The van der Waals surface area contributed by atoms with Crippen LogP contribution in [0, 0.1) is 6.92 Å². The highest BCUT2D eigenvalue weighted by atomic mass is 32.1. The van der Waals surface area contributed by atoms with Crippen molar-refractivity contribution in [1.82, 2.24) is 10.2 Å². The van der Waals surface area contributed by atoms with E-state index in [4.69, 9.17) is 9.73 Å². The third kappa shape index (κ3) is 2.92. The number of nitrogens with one attached hydrogen (secondary N) is 2. The number of rotatable bonds is 2. The van der Waals surface area contributed by atoms with Gasteiger partial charge in [-0.3, -0.25) is 0 Å². The Morgan fingerprint density at radius 2 is 2.25 bits per heavy atom. The molecule has 0 unspecified atom stereocenters. The van der Waals surface area contributed by atoms with Gasteiger partial charge in [-0.15, -0.1) is 11.3 Å². The molecule has 0 spiro atoms. The molecule has 0 radical (unpaired) electrons. The Labute approximate surface area is 146 Å². The van der Waals surface area contributed by atoms with Crippen LogP contribution >= 0.6 is 11.3 Å². The number of benzene rings is 1. The summed E-state index contributed by atoms with van der Waals surface area (Å²) >= 11 is 1.79. The molecule has 2 aromatic rings. The normalized spacial score (nSPS) is 19.8. The molecule has 1 atom stereocenters. The quantitative estimate of drug-likeness (QED) is 0.880. The van der Waals surface area contributed by atoms with Gasteiger partial charge in [0.05, 0.1) is 23.5 Å². The summed E-state index contributed by atoms with van der Waals surface area (Å²) in [7, 11) is 1.75. The van der Waals surface area contributed by atoms with E-state index in [1.165, 1.54) is 15.4 Å². The number of aryl methyl sites for hydroxylation is 1. The van der Waals surface area contributed by atoms with Crippen molar-refractivity contribution in [2.24, 2.45) is 4.99 Å². The highest BCUT2D eigenvalue weighted by molar-refractivity contribution is 7.16. The van der Waals surface area contributed by atoms with Crippen LogP contribution in [0.5, 0.6) is 0 Å². The second-order valence-electron chi connectivity index (χ2n) is 6.23. The highest BCUT2D eigenvalue weighted by Gasteiger charge is 2.27. The first-order chi connectivity index (χ1) is 11.7. The molecular weight excluding hydrogens is 320 g/mol. The lowest BCUT2D eigenvalue weighted by Gasteiger charge is -2.35. The van der Waals surface area contributed by atoms with Gasteiger partial charge in [-0.2, -0.15) is 0 Å². The van der Waals surface area contributed by atoms with Crippen molar-refractivity contribution in [3.8, 4) is 0 Å². The number of para-hydroxylation sites is 2. The first kappa shape index (κ1) is 15.6. The van der Waals surface area contributed by atoms with Crippen molar-refractivity contribution >= 4 is 33.5 Å². The monoisotopic (exact) mass is 342 g/mol. The second kappa shape index (κ2) is 6.55. The van der Waals surface area contributed by atoms with E-state index in [1.807, 2.05) is 12.1 Å². The number of anilines is 2. The second-order valence-corrected chi connectivity index (χ2v) is 7.49. The molecule has 2 aliphatic rings. The van der Waals surface area contributed by atoms with Crippen LogP contribution in [0.25, 0.3) is 0 Å². The lowest BCUT2D eigenvalue weighted by atomic mass is 10.1. The van der Waals surface area contributed by atoms with Gasteiger partial charge in [-0.25, -0.2) is 4.99 Å². The lowest BCUT2D eigenvalue weighted by molar-refractivity contribution is 0.139. The number of ether oxygens (including phenoxy) is 1. The van der Waals surface area contributed by atoms with Crippen LogP contribution < -0.4 is 10.6 Å².